The van der Waals surface area contributed by atoms with Gasteiger partial charge in [-0.2, -0.15) is 4.98 Å². The van der Waals surface area contributed by atoms with E-state index in [4.69, 9.17) is 34.7 Å². The van der Waals surface area contributed by atoms with Crippen LogP contribution in [0.4, 0.5) is 11.8 Å². The van der Waals surface area contributed by atoms with Gasteiger partial charge in [-0.25, -0.2) is 4.98 Å². The molecule has 1 aliphatic heterocycles. The number of nitrogen functional groups attached to an aromatic ring is 1. The molecule has 0 bridgehead atoms. The summed E-state index contributed by atoms with van der Waals surface area (Å²) in [6, 6.07) is 5.29. The number of nitrogens with two attached hydrogens (primary N) is 2. The van der Waals surface area contributed by atoms with Crippen molar-refractivity contribution in [2.75, 3.05) is 23.7 Å². The molecule has 0 aliphatic carbocycles. The van der Waals surface area contributed by atoms with E-state index >= 15 is 0 Å². The molecule has 4 N–H and O–H groups in total. The molecule has 3 rings (SSSR count). The highest BCUT2D eigenvalue weighted by molar-refractivity contribution is 6.36. The van der Waals surface area contributed by atoms with Crippen molar-refractivity contribution in [2.24, 2.45) is 5.73 Å². The molecule has 2 aromatic rings. The molecule has 7 heteroatoms. The van der Waals surface area contributed by atoms with Crippen LogP contribution < -0.4 is 16.4 Å². The number of anilines is 2. The number of hydrogen-bond donors (Lipinski definition) is 2. The van der Waals surface area contributed by atoms with Crippen LogP contribution in [0.25, 0.3) is 11.3 Å². The molecule has 5 nitrogen and oxygen atoms in total. The maximum atomic E-state index is 6.32. The molecule has 1 aromatic heterocycles. The molecular weight excluding hydrogens is 321 g/mol. The molecule has 0 atom stereocenters. The lowest BCUT2D eigenvalue weighted by Crippen LogP contribution is -2.22. The first-order valence-corrected chi connectivity index (χ1v) is 7.92. The molecule has 1 fully saturated rings. The summed E-state index contributed by atoms with van der Waals surface area (Å²) in [5.74, 6) is 1.04. The first kappa shape index (κ1) is 15.3. The summed E-state index contributed by atoms with van der Waals surface area (Å²) in [7, 11) is 0. The second-order valence-electron chi connectivity index (χ2n) is 5.26. The maximum absolute atomic E-state index is 6.32. The van der Waals surface area contributed by atoms with Gasteiger partial charge in [-0.15, -0.1) is 0 Å². The maximum Gasteiger partial charge on any atom is 0.227 e. The molecule has 116 valence electrons. The lowest BCUT2D eigenvalue weighted by Gasteiger charge is -2.19. The van der Waals surface area contributed by atoms with Crippen LogP contribution in [0.15, 0.2) is 18.2 Å². The second kappa shape index (κ2) is 6.28. The number of rotatable bonds is 3. The second-order valence-corrected chi connectivity index (χ2v) is 6.10. The summed E-state index contributed by atoms with van der Waals surface area (Å²) in [6.45, 7) is 2.13. The standard InChI is InChI=1S/C15H17Cl2N5/c16-9-3-4-10(12(17)7-9)13-11(8-18)14(19)21-15(20-13)22-5-1-2-6-22/h3-4,7H,1-2,5-6,8,18H2,(H2,19,20,21). The van der Waals surface area contributed by atoms with Crippen molar-refractivity contribution in [1.82, 2.24) is 9.97 Å². The van der Waals surface area contributed by atoms with E-state index in [-0.39, 0.29) is 6.54 Å². The quantitative estimate of drug-likeness (QED) is 0.899. The lowest BCUT2D eigenvalue weighted by atomic mass is 10.1. The van der Waals surface area contributed by atoms with Gasteiger partial charge in [-0.3, -0.25) is 0 Å². The molecule has 0 saturated carbocycles. The Morgan fingerprint density at radius 3 is 2.50 bits per heavy atom. The van der Waals surface area contributed by atoms with E-state index in [0.29, 0.717) is 33.1 Å². The largest absolute Gasteiger partial charge is 0.383 e. The molecular formula is C15H17Cl2N5. The van der Waals surface area contributed by atoms with E-state index in [1.54, 1.807) is 12.1 Å². The number of aromatic nitrogens is 2. The first-order chi connectivity index (χ1) is 10.6. The van der Waals surface area contributed by atoms with E-state index in [0.717, 1.165) is 31.5 Å². The Morgan fingerprint density at radius 2 is 1.86 bits per heavy atom. The third-order valence-electron chi connectivity index (χ3n) is 3.81. The Balaban J connectivity index is 2.15. The average Bonchev–Trinajstić information content (AvgIpc) is 3.00. The van der Waals surface area contributed by atoms with Gasteiger partial charge in [0.25, 0.3) is 0 Å². The Kier molecular flexibility index (Phi) is 4.38. The summed E-state index contributed by atoms with van der Waals surface area (Å²) < 4.78 is 0. The normalized spacial score (nSPS) is 14.6. The van der Waals surface area contributed by atoms with Crippen molar-refractivity contribution < 1.29 is 0 Å². The molecule has 22 heavy (non-hydrogen) atoms. The van der Waals surface area contributed by atoms with Gasteiger partial charge in [-0.05, 0) is 31.0 Å². The minimum absolute atomic E-state index is 0.250. The van der Waals surface area contributed by atoms with Crippen molar-refractivity contribution in [3.05, 3.63) is 33.8 Å². The zero-order valence-corrected chi connectivity index (χ0v) is 13.5. The third kappa shape index (κ3) is 2.84. The van der Waals surface area contributed by atoms with E-state index < -0.39 is 0 Å². The Hall–Kier alpha value is -1.56. The lowest BCUT2D eigenvalue weighted by molar-refractivity contribution is 0.892. The predicted octanol–water partition coefficient (Wildman–Crippen LogP) is 3.09. The van der Waals surface area contributed by atoms with E-state index in [1.165, 1.54) is 0 Å². The molecule has 0 amide bonds. The summed E-state index contributed by atoms with van der Waals surface area (Å²) in [5.41, 5.74) is 14.1. The zero-order chi connectivity index (χ0) is 15.7. The van der Waals surface area contributed by atoms with Gasteiger partial charge in [0.1, 0.15) is 5.82 Å². The highest BCUT2D eigenvalue weighted by Crippen LogP contribution is 2.34. The van der Waals surface area contributed by atoms with Crippen LogP contribution >= 0.6 is 23.2 Å². The minimum atomic E-state index is 0.250. The molecule has 0 spiro atoms. The summed E-state index contributed by atoms with van der Waals surface area (Å²) in [4.78, 5) is 11.2. The number of hydrogen-bond acceptors (Lipinski definition) is 5. The highest BCUT2D eigenvalue weighted by atomic mass is 35.5. The van der Waals surface area contributed by atoms with Crippen molar-refractivity contribution in [3.8, 4) is 11.3 Å². The van der Waals surface area contributed by atoms with E-state index in [2.05, 4.69) is 14.9 Å². The Labute approximate surface area is 139 Å². The Morgan fingerprint density at radius 1 is 1.14 bits per heavy atom. The average molecular weight is 338 g/mol. The molecule has 0 unspecified atom stereocenters. The molecule has 2 heterocycles. The van der Waals surface area contributed by atoms with E-state index in [9.17, 15) is 0 Å². The van der Waals surface area contributed by atoms with Gasteiger partial charge in [0.05, 0.1) is 10.7 Å². The van der Waals surface area contributed by atoms with Crippen molar-refractivity contribution >= 4 is 35.0 Å². The Bertz CT molecular complexity index is 699. The molecule has 0 radical (unpaired) electrons. The van der Waals surface area contributed by atoms with Crippen LogP contribution in [-0.2, 0) is 6.54 Å². The first-order valence-electron chi connectivity index (χ1n) is 7.17. The van der Waals surface area contributed by atoms with Gasteiger partial charge in [0, 0.05) is 35.8 Å². The van der Waals surface area contributed by atoms with Gasteiger partial charge < -0.3 is 16.4 Å². The zero-order valence-electron chi connectivity index (χ0n) is 12.0. The van der Waals surface area contributed by atoms with Crippen LogP contribution in [0.3, 0.4) is 0 Å². The van der Waals surface area contributed by atoms with Crippen molar-refractivity contribution in [3.63, 3.8) is 0 Å². The van der Waals surface area contributed by atoms with Gasteiger partial charge in [0.2, 0.25) is 5.95 Å². The summed E-state index contributed by atoms with van der Waals surface area (Å²) in [5, 5.41) is 1.09. The van der Waals surface area contributed by atoms with Crippen LogP contribution in [-0.4, -0.2) is 23.1 Å². The van der Waals surface area contributed by atoms with Crippen molar-refractivity contribution in [1.29, 1.82) is 0 Å². The molecule has 1 aliphatic rings. The number of benzene rings is 1. The minimum Gasteiger partial charge on any atom is -0.383 e. The van der Waals surface area contributed by atoms with Crippen LogP contribution in [0.1, 0.15) is 18.4 Å². The fourth-order valence-corrected chi connectivity index (χ4v) is 3.15. The number of nitrogens with zero attached hydrogens (tertiary/aromatic N) is 3. The monoisotopic (exact) mass is 337 g/mol. The van der Waals surface area contributed by atoms with Crippen LogP contribution in [0.5, 0.6) is 0 Å². The SMILES string of the molecule is NCc1c(N)nc(N2CCCC2)nc1-c1ccc(Cl)cc1Cl. The van der Waals surface area contributed by atoms with Gasteiger partial charge >= 0.3 is 0 Å². The van der Waals surface area contributed by atoms with Crippen LogP contribution in [0.2, 0.25) is 10.0 Å². The summed E-state index contributed by atoms with van der Waals surface area (Å²) in [6.07, 6.45) is 2.28. The highest BCUT2D eigenvalue weighted by Gasteiger charge is 2.20. The fraction of sp³-hybridized carbons (Fsp3) is 0.333. The fourth-order valence-electron chi connectivity index (χ4n) is 2.65. The van der Waals surface area contributed by atoms with Crippen molar-refractivity contribution in [2.45, 2.75) is 19.4 Å². The summed E-state index contributed by atoms with van der Waals surface area (Å²) >= 11 is 12.3. The third-order valence-corrected chi connectivity index (χ3v) is 4.35. The smallest absolute Gasteiger partial charge is 0.227 e. The molecule has 1 saturated heterocycles. The number of halogens is 2. The topological polar surface area (TPSA) is 81.1 Å². The predicted molar refractivity (Wildman–Crippen MR) is 91.2 cm³/mol. The van der Waals surface area contributed by atoms with Gasteiger partial charge in [-0.1, -0.05) is 23.2 Å². The van der Waals surface area contributed by atoms with Gasteiger partial charge in [0.15, 0.2) is 0 Å². The molecule has 1 aromatic carbocycles. The van der Waals surface area contributed by atoms with Crippen LogP contribution in [0, 0.1) is 0 Å². The van der Waals surface area contributed by atoms with E-state index in [1.807, 2.05) is 6.07 Å².